The van der Waals surface area contributed by atoms with E-state index in [-0.39, 0.29) is 0 Å². The minimum absolute atomic E-state index is 0.514. The van der Waals surface area contributed by atoms with Gasteiger partial charge in [-0.3, -0.25) is 0 Å². The molecule has 0 saturated carbocycles. The quantitative estimate of drug-likeness (QED) is 0.447. The Labute approximate surface area is 180 Å². The number of rotatable bonds is 5. The molecular formula is C24H22N6O. The second-order valence-corrected chi connectivity index (χ2v) is 7.31. The van der Waals surface area contributed by atoms with Gasteiger partial charge in [-0.25, -0.2) is 9.97 Å². The monoisotopic (exact) mass is 410 g/mol. The van der Waals surface area contributed by atoms with E-state index in [9.17, 15) is 0 Å². The minimum atomic E-state index is 0.514. The van der Waals surface area contributed by atoms with Crippen LogP contribution in [0, 0.1) is 6.92 Å². The van der Waals surface area contributed by atoms with Crippen LogP contribution in [0.15, 0.2) is 73.2 Å². The van der Waals surface area contributed by atoms with Crippen molar-refractivity contribution in [1.82, 2.24) is 24.1 Å². The van der Waals surface area contributed by atoms with Gasteiger partial charge in [-0.2, -0.15) is 4.98 Å². The van der Waals surface area contributed by atoms with E-state index in [1.54, 1.807) is 13.4 Å². The first-order chi connectivity index (χ1) is 15.1. The van der Waals surface area contributed by atoms with Crippen molar-refractivity contribution in [2.24, 2.45) is 7.05 Å². The highest BCUT2D eigenvalue weighted by atomic mass is 16.5. The maximum atomic E-state index is 5.54. The Morgan fingerprint density at radius 2 is 1.77 bits per heavy atom. The second kappa shape index (κ2) is 7.60. The fraction of sp³-hybridized carbons (Fsp3) is 0.125. The third-order valence-corrected chi connectivity index (χ3v) is 5.23. The first-order valence-corrected chi connectivity index (χ1v) is 9.98. The fourth-order valence-corrected chi connectivity index (χ4v) is 3.70. The first kappa shape index (κ1) is 18.9. The standard InChI is InChI=1S/C24H22N6O/c1-16-14-30(15-25-16)20-12-13-21(27-24(20)31-3)26-18-10-7-11-19-22(18)28-23(29(19)2)17-8-5-4-6-9-17/h4-15H,1-3H3,(H,26,27). The van der Waals surface area contributed by atoms with Gasteiger partial charge in [0, 0.05) is 18.8 Å². The number of aryl methyl sites for hydroxylation is 2. The molecule has 3 aromatic heterocycles. The smallest absolute Gasteiger partial charge is 0.240 e. The van der Waals surface area contributed by atoms with Crippen molar-refractivity contribution < 1.29 is 4.74 Å². The van der Waals surface area contributed by atoms with Crippen molar-refractivity contribution in [1.29, 1.82) is 0 Å². The SMILES string of the molecule is COc1nc(Nc2cccc3c2nc(-c2ccccc2)n3C)ccc1-n1cnc(C)c1. The number of nitrogens with one attached hydrogen (secondary N) is 1. The number of para-hydroxylation sites is 1. The number of hydrogen-bond acceptors (Lipinski definition) is 5. The van der Waals surface area contributed by atoms with Crippen molar-refractivity contribution in [3.05, 3.63) is 78.9 Å². The van der Waals surface area contributed by atoms with Gasteiger partial charge in [0.15, 0.2) is 0 Å². The molecule has 0 unspecified atom stereocenters. The summed E-state index contributed by atoms with van der Waals surface area (Å²) in [7, 11) is 3.65. The summed E-state index contributed by atoms with van der Waals surface area (Å²) in [5.74, 6) is 2.11. The van der Waals surface area contributed by atoms with Gasteiger partial charge in [0.2, 0.25) is 5.88 Å². The minimum Gasteiger partial charge on any atom is -0.479 e. The molecule has 0 bridgehead atoms. The van der Waals surface area contributed by atoms with E-state index in [2.05, 4.69) is 38.1 Å². The van der Waals surface area contributed by atoms with Crippen LogP contribution in [0.5, 0.6) is 5.88 Å². The highest BCUT2D eigenvalue weighted by Crippen LogP contribution is 2.31. The maximum absolute atomic E-state index is 5.54. The Morgan fingerprint density at radius 1 is 0.935 bits per heavy atom. The lowest BCUT2D eigenvalue weighted by molar-refractivity contribution is 0.396. The molecule has 1 N–H and O–H groups in total. The van der Waals surface area contributed by atoms with E-state index < -0.39 is 0 Å². The van der Waals surface area contributed by atoms with E-state index in [4.69, 9.17) is 9.72 Å². The number of hydrogen-bond donors (Lipinski definition) is 1. The number of ether oxygens (including phenoxy) is 1. The fourth-order valence-electron chi connectivity index (χ4n) is 3.70. The molecule has 5 aromatic rings. The van der Waals surface area contributed by atoms with Crippen LogP contribution in [0.4, 0.5) is 11.5 Å². The van der Waals surface area contributed by atoms with Gasteiger partial charge in [-0.1, -0.05) is 36.4 Å². The Bertz CT molecular complexity index is 1370. The molecule has 5 rings (SSSR count). The van der Waals surface area contributed by atoms with Gasteiger partial charge in [-0.05, 0) is 31.2 Å². The molecule has 0 radical (unpaired) electrons. The summed E-state index contributed by atoms with van der Waals surface area (Å²) in [6, 6.07) is 20.2. The Hall–Kier alpha value is -4.13. The summed E-state index contributed by atoms with van der Waals surface area (Å²) in [4.78, 5) is 13.8. The summed E-state index contributed by atoms with van der Waals surface area (Å²) >= 11 is 0. The van der Waals surface area contributed by atoms with Crippen LogP contribution >= 0.6 is 0 Å². The average Bonchev–Trinajstić information content (AvgIpc) is 3.38. The first-order valence-electron chi connectivity index (χ1n) is 9.98. The molecule has 0 aliphatic carbocycles. The van der Waals surface area contributed by atoms with Gasteiger partial charge < -0.3 is 19.2 Å². The third-order valence-electron chi connectivity index (χ3n) is 5.23. The molecule has 0 fully saturated rings. The van der Waals surface area contributed by atoms with Gasteiger partial charge in [0.1, 0.15) is 22.8 Å². The number of fused-ring (bicyclic) bond motifs is 1. The number of methoxy groups -OCH3 is 1. The maximum Gasteiger partial charge on any atom is 0.240 e. The molecule has 0 spiro atoms. The van der Waals surface area contributed by atoms with Crippen LogP contribution in [0.2, 0.25) is 0 Å². The second-order valence-electron chi connectivity index (χ2n) is 7.31. The molecule has 0 saturated heterocycles. The van der Waals surface area contributed by atoms with Gasteiger partial charge in [0.25, 0.3) is 0 Å². The van der Waals surface area contributed by atoms with E-state index in [1.807, 2.05) is 67.2 Å². The van der Waals surface area contributed by atoms with Gasteiger partial charge >= 0.3 is 0 Å². The molecule has 3 heterocycles. The van der Waals surface area contributed by atoms with Crippen molar-refractivity contribution in [2.75, 3.05) is 12.4 Å². The molecule has 154 valence electrons. The molecule has 0 amide bonds. The van der Waals surface area contributed by atoms with Crippen LogP contribution < -0.4 is 10.1 Å². The highest BCUT2D eigenvalue weighted by molar-refractivity contribution is 5.92. The summed E-state index contributed by atoms with van der Waals surface area (Å²) < 4.78 is 9.54. The van der Waals surface area contributed by atoms with Gasteiger partial charge in [-0.15, -0.1) is 0 Å². The topological polar surface area (TPSA) is 69.8 Å². The summed E-state index contributed by atoms with van der Waals surface area (Å²) in [6.45, 7) is 1.95. The van der Waals surface area contributed by atoms with Crippen LogP contribution in [0.1, 0.15) is 5.69 Å². The normalized spacial score (nSPS) is 11.1. The highest BCUT2D eigenvalue weighted by Gasteiger charge is 2.14. The molecule has 31 heavy (non-hydrogen) atoms. The van der Waals surface area contributed by atoms with E-state index in [0.717, 1.165) is 39.5 Å². The lowest BCUT2D eigenvalue weighted by Crippen LogP contribution is -2.01. The number of anilines is 2. The third kappa shape index (κ3) is 3.40. The van der Waals surface area contributed by atoms with Crippen molar-refractivity contribution in [3.63, 3.8) is 0 Å². The number of pyridine rings is 1. The molecule has 0 aliphatic rings. The molecule has 7 heteroatoms. The van der Waals surface area contributed by atoms with Crippen LogP contribution in [0.25, 0.3) is 28.1 Å². The zero-order valence-electron chi connectivity index (χ0n) is 17.6. The van der Waals surface area contributed by atoms with Crippen LogP contribution in [0.3, 0.4) is 0 Å². The molecule has 0 aliphatic heterocycles. The number of benzene rings is 2. The zero-order chi connectivity index (χ0) is 21.4. The largest absolute Gasteiger partial charge is 0.479 e. The lowest BCUT2D eigenvalue weighted by Gasteiger charge is -2.11. The Kier molecular flexibility index (Phi) is 4.63. The number of nitrogens with zero attached hydrogens (tertiary/aromatic N) is 5. The van der Waals surface area contributed by atoms with Crippen LogP contribution in [-0.2, 0) is 7.05 Å². The molecule has 2 aromatic carbocycles. The molecule has 7 nitrogen and oxygen atoms in total. The van der Waals surface area contributed by atoms with Crippen molar-refractivity contribution in [2.45, 2.75) is 6.92 Å². The Balaban J connectivity index is 1.53. The molecule has 0 atom stereocenters. The summed E-state index contributed by atoms with van der Waals surface area (Å²) in [6.07, 6.45) is 3.69. The van der Waals surface area contributed by atoms with E-state index in [1.165, 1.54) is 0 Å². The van der Waals surface area contributed by atoms with Crippen LogP contribution in [-0.4, -0.2) is 31.2 Å². The van der Waals surface area contributed by atoms with Gasteiger partial charge in [0.05, 0.1) is 30.3 Å². The van der Waals surface area contributed by atoms with Crippen molar-refractivity contribution in [3.8, 4) is 23.0 Å². The average molecular weight is 410 g/mol. The predicted octanol–water partition coefficient (Wildman–Crippen LogP) is 4.88. The predicted molar refractivity (Wildman–Crippen MR) is 122 cm³/mol. The Morgan fingerprint density at radius 3 is 2.52 bits per heavy atom. The van der Waals surface area contributed by atoms with E-state index >= 15 is 0 Å². The number of aromatic nitrogens is 5. The lowest BCUT2D eigenvalue weighted by atomic mass is 10.2. The zero-order valence-corrected chi connectivity index (χ0v) is 17.6. The van der Waals surface area contributed by atoms with E-state index in [0.29, 0.717) is 11.7 Å². The molecular weight excluding hydrogens is 388 g/mol. The number of imidazole rings is 2. The van der Waals surface area contributed by atoms with Crippen molar-refractivity contribution >= 4 is 22.5 Å². The summed E-state index contributed by atoms with van der Waals surface area (Å²) in [5, 5.41) is 3.41. The summed E-state index contributed by atoms with van der Waals surface area (Å²) in [5.41, 5.74) is 5.65.